The van der Waals surface area contributed by atoms with E-state index in [4.69, 9.17) is 9.47 Å². The first kappa shape index (κ1) is 12.7. The zero-order chi connectivity index (χ0) is 12.8. The van der Waals surface area contributed by atoms with Crippen molar-refractivity contribution in [2.75, 3.05) is 20.3 Å². The average Bonchev–Trinajstić information content (AvgIpc) is 3.19. The molecule has 1 aliphatic carbocycles. The van der Waals surface area contributed by atoms with Crippen LogP contribution >= 0.6 is 0 Å². The molecule has 0 aliphatic heterocycles. The molecule has 0 atom stereocenters. The van der Waals surface area contributed by atoms with Crippen molar-refractivity contribution in [3.05, 3.63) is 24.3 Å². The van der Waals surface area contributed by atoms with Gasteiger partial charge in [0, 0.05) is 12.5 Å². The van der Waals surface area contributed by atoms with Gasteiger partial charge < -0.3 is 14.8 Å². The van der Waals surface area contributed by atoms with Crippen molar-refractivity contribution in [2.45, 2.75) is 19.3 Å². The Kier molecular flexibility index (Phi) is 4.45. The highest BCUT2D eigenvalue weighted by Crippen LogP contribution is 2.31. The Morgan fingerprint density at radius 3 is 2.89 bits per heavy atom. The van der Waals surface area contributed by atoms with Crippen LogP contribution in [0.1, 0.15) is 19.3 Å². The monoisotopic (exact) mass is 249 g/mol. The van der Waals surface area contributed by atoms with Gasteiger partial charge in [0.1, 0.15) is 18.1 Å². The summed E-state index contributed by atoms with van der Waals surface area (Å²) in [5.41, 5.74) is 0. The molecular formula is C14H19NO3. The molecule has 4 heteroatoms. The fourth-order valence-corrected chi connectivity index (χ4v) is 1.71. The number of ether oxygens (including phenoxy) is 2. The maximum absolute atomic E-state index is 11.4. The Hall–Kier alpha value is -1.71. The standard InChI is InChI=1S/C14H19NO3/c1-17-12-3-2-4-13(10-12)18-8-7-15-14(16)9-11-5-6-11/h2-4,10-11H,5-9H2,1H3,(H,15,16). The van der Waals surface area contributed by atoms with Gasteiger partial charge in [-0.2, -0.15) is 0 Å². The van der Waals surface area contributed by atoms with Crippen LogP contribution < -0.4 is 14.8 Å². The number of methoxy groups -OCH3 is 1. The molecule has 1 N–H and O–H groups in total. The number of benzene rings is 1. The molecule has 0 radical (unpaired) electrons. The van der Waals surface area contributed by atoms with Gasteiger partial charge in [-0.05, 0) is 30.9 Å². The van der Waals surface area contributed by atoms with Crippen LogP contribution in [0.25, 0.3) is 0 Å². The van der Waals surface area contributed by atoms with E-state index in [0.717, 1.165) is 11.5 Å². The molecule has 1 saturated carbocycles. The highest BCUT2D eigenvalue weighted by atomic mass is 16.5. The summed E-state index contributed by atoms with van der Waals surface area (Å²) in [7, 11) is 1.62. The van der Waals surface area contributed by atoms with Crippen LogP contribution in [-0.4, -0.2) is 26.2 Å². The summed E-state index contributed by atoms with van der Waals surface area (Å²) in [6.45, 7) is 1.02. The quantitative estimate of drug-likeness (QED) is 0.752. The van der Waals surface area contributed by atoms with E-state index in [-0.39, 0.29) is 5.91 Å². The van der Waals surface area contributed by atoms with Crippen LogP contribution in [0.5, 0.6) is 11.5 Å². The smallest absolute Gasteiger partial charge is 0.220 e. The third-order valence-corrected chi connectivity index (χ3v) is 2.91. The Labute approximate surface area is 107 Å². The summed E-state index contributed by atoms with van der Waals surface area (Å²) in [6.07, 6.45) is 3.07. The molecule has 1 fully saturated rings. The number of carbonyl (C=O) groups is 1. The van der Waals surface area contributed by atoms with Crippen molar-refractivity contribution in [1.29, 1.82) is 0 Å². The van der Waals surface area contributed by atoms with Crippen LogP contribution in [0, 0.1) is 5.92 Å². The Bertz CT molecular complexity index is 402. The molecule has 98 valence electrons. The lowest BCUT2D eigenvalue weighted by Gasteiger charge is -2.08. The highest BCUT2D eigenvalue weighted by Gasteiger charge is 2.23. The van der Waals surface area contributed by atoms with Crippen LogP contribution in [0.4, 0.5) is 0 Å². The molecule has 0 unspecified atom stereocenters. The Morgan fingerprint density at radius 1 is 1.39 bits per heavy atom. The largest absolute Gasteiger partial charge is 0.497 e. The highest BCUT2D eigenvalue weighted by molar-refractivity contribution is 5.76. The zero-order valence-electron chi connectivity index (χ0n) is 10.6. The number of carbonyl (C=O) groups excluding carboxylic acids is 1. The summed E-state index contributed by atoms with van der Waals surface area (Å²) in [5.74, 6) is 2.28. The predicted molar refractivity (Wildman–Crippen MR) is 68.8 cm³/mol. The second-order valence-electron chi connectivity index (χ2n) is 4.52. The number of amides is 1. The second-order valence-corrected chi connectivity index (χ2v) is 4.52. The second kappa shape index (κ2) is 6.28. The molecule has 0 spiro atoms. The number of hydrogen-bond acceptors (Lipinski definition) is 3. The van der Waals surface area contributed by atoms with Crippen LogP contribution in [0.3, 0.4) is 0 Å². The van der Waals surface area contributed by atoms with Crippen LogP contribution in [0.15, 0.2) is 24.3 Å². The van der Waals surface area contributed by atoms with E-state index in [1.165, 1.54) is 12.8 Å². The molecule has 1 aromatic carbocycles. The topological polar surface area (TPSA) is 47.6 Å². The van der Waals surface area contributed by atoms with Crippen molar-refractivity contribution in [3.8, 4) is 11.5 Å². The lowest BCUT2D eigenvalue weighted by atomic mass is 10.3. The number of nitrogens with one attached hydrogen (secondary N) is 1. The SMILES string of the molecule is COc1cccc(OCCNC(=O)CC2CC2)c1. The summed E-state index contributed by atoms with van der Waals surface area (Å²) in [6, 6.07) is 7.44. The summed E-state index contributed by atoms with van der Waals surface area (Å²) in [4.78, 5) is 11.4. The van der Waals surface area contributed by atoms with Crippen molar-refractivity contribution in [3.63, 3.8) is 0 Å². The lowest BCUT2D eigenvalue weighted by molar-refractivity contribution is -0.121. The molecule has 4 nitrogen and oxygen atoms in total. The third-order valence-electron chi connectivity index (χ3n) is 2.91. The Morgan fingerprint density at radius 2 is 2.17 bits per heavy atom. The van der Waals surface area contributed by atoms with E-state index in [2.05, 4.69) is 5.32 Å². The van der Waals surface area contributed by atoms with Gasteiger partial charge in [-0.25, -0.2) is 0 Å². The normalized spacial score (nSPS) is 14.1. The molecule has 0 aromatic heterocycles. The zero-order valence-corrected chi connectivity index (χ0v) is 10.6. The minimum Gasteiger partial charge on any atom is -0.497 e. The van der Waals surface area contributed by atoms with Gasteiger partial charge in [-0.1, -0.05) is 6.07 Å². The molecule has 0 saturated heterocycles. The van der Waals surface area contributed by atoms with E-state index in [1.54, 1.807) is 7.11 Å². The first-order valence-corrected chi connectivity index (χ1v) is 6.31. The fraction of sp³-hybridized carbons (Fsp3) is 0.500. The van der Waals surface area contributed by atoms with Gasteiger partial charge >= 0.3 is 0 Å². The van der Waals surface area contributed by atoms with Gasteiger partial charge in [0.25, 0.3) is 0 Å². The van der Waals surface area contributed by atoms with Gasteiger partial charge in [0.05, 0.1) is 13.7 Å². The van der Waals surface area contributed by atoms with E-state index < -0.39 is 0 Å². The van der Waals surface area contributed by atoms with Crippen molar-refractivity contribution in [1.82, 2.24) is 5.32 Å². The molecule has 0 heterocycles. The molecule has 18 heavy (non-hydrogen) atoms. The average molecular weight is 249 g/mol. The molecule has 1 aromatic rings. The van der Waals surface area contributed by atoms with Crippen LogP contribution in [0.2, 0.25) is 0 Å². The van der Waals surface area contributed by atoms with E-state index in [9.17, 15) is 4.79 Å². The third kappa shape index (κ3) is 4.28. The van der Waals surface area contributed by atoms with Gasteiger partial charge in [-0.15, -0.1) is 0 Å². The first-order valence-electron chi connectivity index (χ1n) is 6.31. The molecule has 1 aliphatic rings. The summed E-state index contributed by atoms with van der Waals surface area (Å²) >= 11 is 0. The Balaban J connectivity index is 1.63. The minimum absolute atomic E-state index is 0.131. The fourth-order valence-electron chi connectivity index (χ4n) is 1.71. The van der Waals surface area contributed by atoms with Crippen molar-refractivity contribution < 1.29 is 14.3 Å². The van der Waals surface area contributed by atoms with Crippen molar-refractivity contribution in [2.24, 2.45) is 5.92 Å². The molecular weight excluding hydrogens is 230 g/mol. The summed E-state index contributed by atoms with van der Waals surface area (Å²) in [5, 5.41) is 2.86. The van der Waals surface area contributed by atoms with Crippen LogP contribution in [-0.2, 0) is 4.79 Å². The minimum atomic E-state index is 0.131. The van der Waals surface area contributed by atoms with E-state index in [1.807, 2.05) is 24.3 Å². The van der Waals surface area contributed by atoms with Gasteiger partial charge in [-0.3, -0.25) is 4.79 Å². The van der Waals surface area contributed by atoms with Crippen molar-refractivity contribution >= 4 is 5.91 Å². The van der Waals surface area contributed by atoms with E-state index >= 15 is 0 Å². The number of rotatable bonds is 7. The van der Waals surface area contributed by atoms with Gasteiger partial charge in [0.15, 0.2) is 0 Å². The van der Waals surface area contributed by atoms with Gasteiger partial charge in [0.2, 0.25) is 5.91 Å². The van der Waals surface area contributed by atoms with E-state index in [0.29, 0.717) is 25.5 Å². The number of hydrogen-bond donors (Lipinski definition) is 1. The molecule has 0 bridgehead atoms. The first-order chi connectivity index (χ1) is 8.78. The molecule has 2 rings (SSSR count). The lowest BCUT2D eigenvalue weighted by Crippen LogP contribution is -2.28. The summed E-state index contributed by atoms with van der Waals surface area (Å²) < 4.78 is 10.6. The predicted octanol–water partition coefficient (Wildman–Crippen LogP) is 1.99. The maximum Gasteiger partial charge on any atom is 0.220 e. The maximum atomic E-state index is 11.4. The molecule has 1 amide bonds.